The minimum Gasteiger partial charge on any atom is -0.355 e. The van der Waals surface area contributed by atoms with Gasteiger partial charge < -0.3 is 4.90 Å². The Morgan fingerprint density at radius 2 is 2.00 bits per heavy atom. The molecule has 0 radical (unpaired) electrons. The van der Waals surface area contributed by atoms with E-state index in [9.17, 15) is 4.79 Å². The van der Waals surface area contributed by atoms with Crippen LogP contribution in [0.5, 0.6) is 0 Å². The zero-order chi connectivity index (χ0) is 13.5. The third-order valence-corrected chi connectivity index (χ3v) is 4.08. The zero-order valence-electron chi connectivity index (χ0n) is 11.5. The Morgan fingerprint density at radius 3 is 2.68 bits per heavy atom. The molecule has 100 valence electrons. The third kappa shape index (κ3) is 2.11. The van der Waals surface area contributed by atoms with E-state index < -0.39 is 0 Å². The number of aldehydes is 1. The molecule has 0 amide bonds. The average Bonchev–Trinajstić information content (AvgIpc) is 2.77. The van der Waals surface area contributed by atoms with Gasteiger partial charge in [0.1, 0.15) is 11.3 Å². The Bertz CT molecular complexity index is 605. The van der Waals surface area contributed by atoms with E-state index in [1.54, 1.807) is 0 Å². The number of nitrogens with zero attached hydrogens (tertiary/aromatic N) is 3. The van der Waals surface area contributed by atoms with Crippen LogP contribution < -0.4 is 4.90 Å². The fourth-order valence-corrected chi connectivity index (χ4v) is 2.67. The Labute approximate surface area is 113 Å². The smallest absolute Gasteiger partial charge is 0.170 e. The van der Waals surface area contributed by atoms with Gasteiger partial charge in [-0.2, -0.15) is 0 Å². The summed E-state index contributed by atoms with van der Waals surface area (Å²) in [6.45, 7) is 6.54. The van der Waals surface area contributed by atoms with Gasteiger partial charge in [-0.25, -0.2) is 4.98 Å². The Hall–Kier alpha value is -1.84. The first-order valence-corrected chi connectivity index (χ1v) is 6.78. The van der Waals surface area contributed by atoms with Crippen molar-refractivity contribution in [2.24, 2.45) is 5.41 Å². The minimum absolute atomic E-state index is 0.400. The van der Waals surface area contributed by atoms with E-state index in [2.05, 4.69) is 23.7 Å². The highest BCUT2D eigenvalue weighted by atomic mass is 16.1. The van der Waals surface area contributed by atoms with Crippen molar-refractivity contribution in [3.63, 3.8) is 0 Å². The van der Waals surface area contributed by atoms with Gasteiger partial charge in [-0.1, -0.05) is 19.9 Å². The Kier molecular flexibility index (Phi) is 2.81. The van der Waals surface area contributed by atoms with Crippen molar-refractivity contribution in [3.05, 3.63) is 30.1 Å². The SMILES string of the molecule is CC1(C)CCN(c2nc3ccccn3c2C=O)CC1. The van der Waals surface area contributed by atoms with Gasteiger partial charge in [0.15, 0.2) is 12.1 Å². The second-order valence-corrected chi connectivity index (χ2v) is 6.02. The summed E-state index contributed by atoms with van der Waals surface area (Å²) in [6, 6.07) is 5.80. The van der Waals surface area contributed by atoms with Gasteiger partial charge in [-0.15, -0.1) is 0 Å². The van der Waals surface area contributed by atoms with Crippen LogP contribution in [0.15, 0.2) is 24.4 Å². The number of aromatic nitrogens is 2. The molecule has 0 atom stereocenters. The maximum atomic E-state index is 11.4. The molecular formula is C15H19N3O. The molecule has 1 saturated heterocycles. The lowest BCUT2D eigenvalue weighted by Crippen LogP contribution is -2.38. The highest BCUT2D eigenvalue weighted by molar-refractivity contribution is 5.83. The molecule has 1 fully saturated rings. The normalized spacial score (nSPS) is 18.7. The monoisotopic (exact) mass is 257 g/mol. The first kappa shape index (κ1) is 12.2. The number of hydrogen-bond acceptors (Lipinski definition) is 3. The minimum atomic E-state index is 0.400. The number of hydrogen-bond donors (Lipinski definition) is 0. The predicted octanol–water partition coefficient (Wildman–Crippen LogP) is 2.77. The van der Waals surface area contributed by atoms with E-state index in [0.717, 1.165) is 43.7 Å². The summed E-state index contributed by atoms with van der Waals surface area (Å²) in [5.41, 5.74) is 1.90. The van der Waals surface area contributed by atoms with Crippen LogP contribution in [0.25, 0.3) is 5.65 Å². The molecule has 2 aromatic heterocycles. The van der Waals surface area contributed by atoms with Crippen molar-refractivity contribution in [3.8, 4) is 0 Å². The molecule has 1 aliphatic heterocycles. The number of fused-ring (bicyclic) bond motifs is 1. The summed E-state index contributed by atoms with van der Waals surface area (Å²) < 4.78 is 1.86. The summed E-state index contributed by atoms with van der Waals surface area (Å²) in [5.74, 6) is 0.830. The molecule has 0 bridgehead atoms. The molecule has 4 nitrogen and oxygen atoms in total. The second kappa shape index (κ2) is 4.37. The zero-order valence-corrected chi connectivity index (χ0v) is 11.5. The summed E-state index contributed by atoms with van der Waals surface area (Å²) >= 11 is 0. The molecule has 0 aromatic carbocycles. The summed E-state index contributed by atoms with van der Waals surface area (Å²) in [5, 5.41) is 0. The number of pyridine rings is 1. The van der Waals surface area contributed by atoms with Gasteiger partial charge >= 0.3 is 0 Å². The van der Waals surface area contributed by atoms with Crippen LogP contribution in [-0.2, 0) is 0 Å². The van der Waals surface area contributed by atoms with E-state index in [4.69, 9.17) is 0 Å². The molecule has 4 heteroatoms. The average molecular weight is 257 g/mol. The first-order valence-electron chi connectivity index (χ1n) is 6.78. The summed E-state index contributed by atoms with van der Waals surface area (Å²) in [6.07, 6.45) is 5.08. The molecule has 0 unspecified atom stereocenters. The fraction of sp³-hybridized carbons (Fsp3) is 0.467. The van der Waals surface area contributed by atoms with Crippen LogP contribution in [-0.4, -0.2) is 28.8 Å². The molecule has 0 spiro atoms. The highest BCUT2D eigenvalue weighted by Gasteiger charge is 2.28. The molecule has 2 aromatic rings. The predicted molar refractivity (Wildman–Crippen MR) is 75.8 cm³/mol. The lowest BCUT2D eigenvalue weighted by atomic mass is 9.83. The first-order chi connectivity index (χ1) is 9.11. The lowest BCUT2D eigenvalue weighted by molar-refractivity contribution is 0.111. The van der Waals surface area contributed by atoms with E-state index in [1.807, 2.05) is 28.8 Å². The summed E-state index contributed by atoms with van der Waals surface area (Å²) in [4.78, 5) is 18.2. The molecule has 3 heterocycles. The number of rotatable bonds is 2. The van der Waals surface area contributed by atoms with Crippen molar-refractivity contribution in [2.75, 3.05) is 18.0 Å². The van der Waals surface area contributed by atoms with Crippen LogP contribution in [0.4, 0.5) is 5.82 Å². The number of carbonyl (C=O) groups excluding carboxylic acids is 1. The molecule has 1 aliphatic rings. The van der Waals surface area contributed by atoms with E-state index >= 15 is 0 Å². The van der Waals surface area contributed by atoms with Crippen molar-refractivity contribution < 1.29 is 4.79 Å². The van der Waals surface area contributed by atoms with Gasteiger partial charge in [-0.3, -0.25) is 9.20 Å². The molecule has 3 rings (SSSR count). The van der Waals surface area contributed by atoms with E-state index in [1.165, 1.54) is 0 Å². The van der Waals surface area contributed by atoms with Crippen LogP contribution in [0.3, 0.4) is 0 Å². The quantitative estimate of drug-likeness (QED) is 0.776. The maximum absolute atomic E-state index is 11.4. The highest BCUT2D eigenvalue weighted by Crippen LogP contribution is 2.32. The van der Waals surface area contributed by atoms with Crippen molar-refractivity contribution in [1.82, 2.24) is 9.38 Å². The Balaban J connectivity index is 1.99. The van der Waals surface area contributed by atoms with Crippen molar-refractivity contribution in [2.45, 2.75) is 26.7 Å². The molecule has 0 saturated carbocycles. The van der Waals surface area contributed by atoms with Crippen molar-refractivity contribution in [1.29, 1.82) is 0 Å². The third-order valence-electron chi connectivity index (χ3n) is 4.08. The standard InChI is InChI=1S/C15H19N3O/c1-15(2)6-9-17(10-7-15)14-12(11-19)18-8-4-3-5-13(18)16-14/h3-5,8,11H,6-7,9-10H2,1-2H3. The van der Waals surface area contributed by atoms with Gasteiger partial charge in [0.2, 0.25) is 0 Å². The maximum Gasteiger partial charge on any atom is 0.170 e. The van der Waals surface area contributed by atoms with E-state index in [0.29, 0.717) is 11.1 Å². The number of imidazole rings is 1. The molecule has 0 aliphatic carbocycles. The van der Waals surface area contributed by atoms with Crippen LogP contribution in [0.1, 0.15) is 37.2 Å². The largest absolute Gasteiger partial charge is 0.355 e. The molecular weight excluding hydrogens is 238 g/mol. The molecule has 19 heavy (non-hydrogen) atoms. The Morgan fingerprint density at radius 1 is 1.26 bits per heavy atom. The molecule has 0 N–H and O–H groups in total. The van der Waals surface area contributed by atoms with Crippen LogP contribution in [0.2, 0.25) is 0 Å². The van der Waals surface area contributed by atoms with Gasteiger partial charge in [0.05, 0.1) is 0 Å². The van der Waals surface area contributed by atoms with Crippen LogP contribution >= 0.6 is 0 Å². The number of piperidine rings is 1. The lowest BCUT2D eigenvalue weighted by Gasteiger charge is -2.37. The van der Waals surface area contributed by atoms with Gasteiger partial charge in [-0.05, 0) is 30.4 Å². The van der Waals surface area contributed by atoms with E-state index in [-0.39, 0.29) is 0 Å². The van der Waals surface area contributed by atoms with Gasteiger partial charge in [0.25, 0.3) is 0 Å². The second-order valence-electron chi connectivity index (χ2n) is 6.02. The van der Waals surface area contributed by atoms with Crippen LogP contribution in [0, 0.1) is 5.41 Å². The van der Waals surface area contributed by atoms with Crippen molar-refractivity contribution >= 4 is 17.8 Å². The number of carbonyl (C=O) groups is 1. The number of anilines is 1. The fourth-order valence-electron chi connectivity index (χ4n) is 2.67. The summed E-state index contributed by atoms with van der Waals surface area (Å²) in [7, 11) is 0. The topological polar surface area (TPSA) is 37.6 Å². The van der Waals surface area contributed by atoms with Gasteiger partial charge in [0, 0.05) is 19.3 Å².